The van der Waals surface area contributed by atoms with E-state index in [4.69, 9.17) is 4.74 Å². The number of nitrogens with zero attached hydrogens (tertiary/aromatic N) is 2. The highest BCUT2D eigenvalue weighted by molar-refractivity contribution is 6.10. The first kappa shape index (κ1) is 22.6. The van der Waals surface area contributed by atoms with Gasteiger partial charge in [0.25, 0.3) is 5.91 Å². The lowest BCUT2D eigenvalue weighted by molar-refractivity contribution is -0.112. The van der Waals surface area contributed by atoms with Crippen LogP contribution in [0.4, 0.5) is 5.69 Å². The van der Waals surface area contributed by atoms with Gasteiger partial charge in [-0.3, -0.25) is 4.79 Å². The first-order chi connectivity index (χ1) is 16.6. The first-order valence-electron chi connectivity index (χ1n) is 11.1. The average molecular weight is 448 g/mol. The summed E-state index contributed by atoms with van der Waals surface area (Å²) in [6.07, 6.45) is 1.65. The Morgan fingerprint density at radius 1 is 1.00 bits per heavy atom. The van der Waals surface area contributed by atoms with E-state index in [1.165, 1.54) is 0 Å². The molecular formula is C29H25N3O2. The van der Waals surface area contributed by atoms with E-state index in [0.29, 0.717) is 12.3 Å². The highest BCUT2D eigenvalue weighted by Crippen LogP contribution is 2.32. The third-order valence-corrected chi connectivity index (χ3v) is 5.36. The van der Waals surface area contributed by atoms with Crippen molar-refractivity contribution in [1.82, 2.24) is 4.57 Å². The van der Waals surface area contributed by atoms with Crippen molar-refractivity contribution in [2.75, 3.05) is 11.9 Å². The van der Waals surface area contributed by atoms with Crippen LogP contribution in [0.5, 0.6) is 5.75 Å². The number of hydrogen-bond acceptors (Lipinski definition) is 3. The van der Waals surface area contributed by atoms with Crippen molar-refractivity contribution in [3.05, 3.63) is 108 Å². The van der Waals surface area contributed by atoms with E-state index in [1.807, 2.05) is 80.6 Å². The monoisotopic (exact) mass is 447 g/mol. The molecule has 3 aromatic carbocycles. The molecule has 0 aliphatic carbocycles. The lowest BCUT2D eigenvalue weighted by Gasteiger charge is -2.13. The van der Waals surface area contributed by atoms with Crippen molar-refractivity contribution in [3.63, 3.8) is 0 Å². The van der Waals surface area contributed by atoms with Crippen molar-refractivity contribution >= 4 is 17.7 Å². The summed E-state index contributed by atoms with van der Waals surface area (Å²) in [5.74, 6) is 0.262. The maximum atomic E-state index is 12.9. The van der Waals surface area contributed by atoms with Gasteiger partial charge in [0.1, 0.15) is 17.4 Å². The number of benzene rings is 3. The van der Waals surface area contributed by atoms with Gasteiger partial charge in [-0.1, -0.05) is 48.5 Å². The number of aryl methyl sites for hydroxylation is 1. The number of ether oxygens (including phenoxy) is 1. The highest BCUT2D eigenvalue weighted by atomic mass is 16.5. The Bertz CT molecular complexity index is 1350. The molecule has 0 aliphatic rings. The SMILES string of the molecule is CCOc1ccc(NC(=O)/C(C#N)=C\c2cc(C)n(-c3ccccc3)c2-c2ccccc2)cc1. The molecule has 1 heterocycles. The zero-order valence-corrected chi connectivity index (χ0v) is 19.2. The van der Waals surface area contributed by atoms with E-state index >= 15 is 0 Å². The molecule has 168 valence electrons. The minimum atomic E-state index is -0.462. The normalized spacial score (nSPS) is 11.0. The van der Waals surface area contributed by atoms with Gasteiger partial charge in [-0.05, 0) is 68.0 Å². The van der Waals surface area contributed by atoms with Crippen molar-refractivity contribution in [2.24, 2.45) is 0 Å². The van der Waals surface area contributed by atoms with Crippen LogP contribution < -0.4 is 10.1 Å². The molecule has 1 aromatic heterocycles. The van der Waals surface area contributed by atoms with Crippen LogP contribution in [0.2, 0.25) is 0 Å². The summed E-state index contributed by atoms with van der Waals surface area (Å²) in [5, 5.41) is 12.6. The fraction of sp³-hybridized carbons (Fsp3) is 0.103. The van der Waals surface area contributed by atoms with E-state index in [9.17, 15) is 10.1 Å². The van der Waals surface area contributed by atoms with Gasteiger partial charge in [0.15, 0.2) is 0 Å². The Balaban J connectivity index is 1.73. The Morgan fingerprint density at radius 3 is 2.26 bits per heavy atom. The molecule has 1 amide bonds. The molecule has 0 unspecified atom stereocenters. The molecule has 5 nitrogen and oxygen atoms in total. The van der Waals surface area contributed by atoms with E-state index in [1.54, 1.807) is 30.3 Å². The van der Waals surface area contributed by atoms with E-state index in [-0.39, 0.29) is 5.57 Å². The van der Waals surface area contributed by atoms with Gasteiger partial charge >= 0.3 is 0 Å². The number of carbonyl (C=O) groups excluding carboxylic acids is 1. The number of nitrogens with one attached hydrogen (secondary N) is 1. The van der Waals surface area contributed by atoms with Crippen LogP contribution in [0, 0.1) is 18.3 Å². The van der Waals surface area contributed by atoms with Crippen LogP contribution in [0.15, 0.2) is 96.6 Å². The number of rotatable bonds is 7. The molecule has 0 saturated heterocycles. The number of aromatic nitrogens is 1. The number of hydrogen-bond donors (Lipinski definition) is 1. The molecule has 1 N–H and O–H groups in total. The average Bonchev–Trinajstić information content (AvgIpc) is 3.20. The van der Waals surface area contributed by atoms with Gasteiger partial charge in [-0.25, -0.2) is 0 Å². The third-order valence-electron chi connectivity index (χ3n) is 5.36. The third kappa shape index (κ3) is 4.92. The predicted octanol–water partition coefficient (Wildman–Crippen LogP) is 6.40. The summed E-state index contributed by atoms with van der Waals surface area (Å²) >= 11 is 0. The number of nitriles is 1. The highest BCUT2D eigenvalue weighted by Gasteiger charge is 2.17. The van der Waals surface area contributed by atoms with Crippen molar-refractivity contribution in [3.8, 4) is 28.8 Å². The number of amides is 1. The molecule has 0 fully saturated rings. The van der Waals surface area contributed by atoms with Gasteiger partial charge in [0, 0.05) is 22.6 Å². The summed E-state index contributed by atoms with van der Waals surface area (Å²) in [5.41, 5.74) is 5.34. The molecule has 0 atom stereocenters. The minimum absolute atomic E-state index is 0.0243. The van der Waals surface area contributed by atoms with Gasteiger partial charge in [-0.15, -0.1) is 0 Å². The molecule has 34 heavy (non-hydrogen) atoms. The molecule has 0 spiro atoms. The van der Waals surface area contributed by atoms with Crippen LogP contribution in [-0.4, -0.2) is 17.1 Å². The van der Waals surface area contributed by atoms with Crippen LogP contribution in [-0.2, 0) is 4.79 Å². The maximum Gasteiger partial charge on any atom is 0.266 e. The second-order valence-corrected chi connectivity index (χ2v) is 7.71. The lowest BCUT2D eigenvalue weighted by atomic mass is 10.0. The summed E-state index contributed by atoms with van der Waals surface area (Å²) in [6.45, 7) is 4.50. The summed E-state index contributed by atoms with van der Waals surface area (Å²) in [7, 11) is 0. The summed E-state index contributed by atoms with van der Waals surface area (Å²) in [4.78, 5) is 12.9. The molecule has 4 rings (SSSR count). The molecule has 0 saturated carbocycles. The zero-order chi connectivity index (χ0) is 23.9. The van der Waals surface area contributed by atoms with Gasteiger partial charge in [0.05, 0.1) is 12.3 Å². The molecule has 5 heteroatoms. The Morgan fingerprint density at radius 2 is 1.65 bits per heavy atom. The number of para-hydroxylation sites is 1. The Kier molecular flexibility index (Phi) is 6.90. The van der Waals surface area contributed by atoms with Crippen molar-refractivity contribution in [2.45, 2.75) is 13.8 Å². The molecule has 0 radical (unpaired) electrons. The Labute approximate surface area is 199 Å². The van der Waals surface area contributed by atoms with Gasteiger partial charge < -0.3 is 14.6 Å². The van der Waals surface area contributed by atoms with Crippen molar-refractivity contribution < 1.29 is 9.53 Å². The quantitative estimate of drug-likeness (QED) is 0.263. The van der Waals surface area contributed by atoms with Crippen LogP contribution in [0.1, 0.15) is 18.2 Å². The Hall–Kier alpha value is -4.56. The lowest BCUT2D eigenvalue weighted by Crippen LogP contribution is -2.13. The predicted molar refractivity (Wildman–Crippen MR) is 136 cm³/mol. The molecule has 0 bridgehead atoms. The topological polar surface area (TPSA) is 67.0 Å². The molecule has 0 aliphatic heterocycles. The smallest absolute Gasteiger partial charge is 0.266 e. The minimum Gasteiger partial charge on any atom is -0.494 e. The second-order valence-electron chi connectivity index (χ2n) is 7.71. The fourth-order valence-corrected chi connectivity index (χ4v) is 3.88. The molecular weight excluding hydrogens is 422 g/mol. The van der Waals surface area contributed by atoms with E-state index in [0.717, 1.165) is 34.0 Å². The zero-order valence-electron chi connectivity index (χ0n) is 19.2. The first-order valence-corrected chi connectivity index (χ1v) is 11.1. The van der Waals surface area contributed by atoms with Gasteiger partial charge in [0.2, 0.25) is 0 Å². The summed E-state index contributed by atoms with van der Waals surface area (Å²) < 4.78 is 7.58. The summed E-state index contributed by atoms with van der Waals surface area (Å²) in [6, 6.07) is 31.1. The van der Waals surface area contributed by atoms with Crippen LogP contribution in [0.3, 0.4) is 0 Å². The second kappa shape index (κ2) is 10.4. The van der Waals surface area contributed by atoms with Crippen LogP contribution in [0.25, 0.3) is 23.0 Å². The van der Waals surface area contributed by atoms with Crippen molar-refractivity contribution in [1.29, 1.82) is 5.26 Å². The van der Waals surface area contributed by atoms with E-state index in [2.05, 4.69) is 16.0 Å². The standard InChI is InChI=1S/C29H25N3O2/c1-3-34-27-16-14-25(15-17-27)31-29(33)24(20-30)19-23-18-21(2)32(26-12-8-5-9-13-26)28(23)22-10-6-4-7-11-22/h4-19H,3H2,1-2H3,(H,31,33)/b24-19-. The van der Waals surface area contributed by atoms with Gasteiger partial charge in [-0.2, -0.15) is 5.26 Å². The van der Waals surface area contributed by atoms with E-state index < -0.39 is 5.91 Å². The number of anilines is 1. The number of carbonyl (C=O) groups is 1. The fourth-order valence-electron chi connectivity index (χ4n) is 3.88. The molecule has 4 aromatic rings. The largest absolute Gasteiger partial charge is 0.494 e. The van der Waals surface area contributed by atoms with Crippen LogP contribution >= 0.6 is 0 Å². The maximum absolute atomic E-state index is 12.9.